The molecule has 4 heteroatoms. The third-order valence-electron chi connectivity index (χ3n) is 3.94. The summed E-state index contributed by atoms with van der Waals surface area (Å²) in [6.07, 6.45) is 2.49. The predicted octanol–water partition coefficient (Wildman–Crippen LogP) is 3.99. The maximum absolute atomic E-state index is 6.39. The van der Waals surface area contributed by atoms with Crippen LogP contribution in [0.3, 0.4) is 0 Å². The van der Waals surface area contributed by atoms with Gasteiger partial charge in [0, 0.05) is 16.1 Å². The number of rotatable bonds is 4. The molecule has 0 saturated carbocycles. The first-order valence-corrected chi connectivity index (χ1v) is 7.75. The van der Waals surface area contributed by atoms with Gasteiger partial charge in [0.2, 0.25) is 0 Å². The zero-order chi connectivity index (χ0) is 13.8. The van der Waals surface area contributed by atoms with Crippen molar-refractivity contribution in [3.63, 3.8) is 0 Å². The largest absolute Gasteiger partial charge is 0.317 e. The maximum Gasteiger partial charge on any atom is 0.0455 e. The predicted molar refractivity (Wildman–Crippen MR) is 83.1 cm³/mol. The first-order valence-electron chi connectivity index (χ1n) is 6.99. The van der Waals surface area contributed by atoms with Crippen LogP contribution >= 0.6 is 23.2 Å². The normalized spacial score (nSPS) is 24.6. The summed E-state index contributed by atoms with van der Waals surface area (Å²) in [5.41, 5.74) is 1.17. The number of halogens is 2. The number of likely N-dealkylation sites (tertiary alicyclic amines) is 1. The topological polar surface area (TPSA) is 15.3 Å². The highest BCUT2D eigenvalue weighted by Crippen LogP contribution is 2.38. The molecule has 1 aliphatic heterocycles. The molecular weight excluding hydrogens is 279 g/mol. The van der Waals surface area contributed by atoms with Gasteiger partial charge in [-0.1, -0.05) is 30.1 Å². The van der Waals surface area contributed by atoms with Crippen molar-refractivity contribution in [2.45, 2.75) is 25.8 Å². The van der Waals surface area contributed by atoms with E-state index < -0.39 is 0 Å². The van der Waals surface area contributed by atoms with Crippen LogP contribution in [0, 0.1) is 5.92 Å². The fourth-order valence-electron chi connectivity index (χ4n) is 3.04. The van der Waals surface area contributed by atoms with Gasteiger partial charge in [0.1, 0.15) is 0 Å². The van der Waals surface area contributed by atoms with E-state index in [0.29, 0.717) is 12.0 Å². The van der Waals surface area contributed by atoms with Crippen molar-refractivity contribution in [2.24, 2.45) is 5.92 Å². The van der Waals surface area contributed by atoms with Crippen LogP contribution in [-0.4, -0.2) is 31.6 Å². The zero-order valence-electron chi connectivity index (χ0n) is 11.6. The van der Waals surface area contributed by atoms with Crippen LogP contribution in [-0.2, 0) is 0 Å². The Kier molecular flexibility index (Phi) is 5.52. The van der Waals surface area contributed by atoms with Gasteiger partial charge >= 0.3 is 0 Å². The summed E-state index contributed by atoms with van der Waals surface area (Å²) >= 11 is 12.5. The summed E-state index contributed by atoms with van der Waals surface area (Å²) in [7, 11) is 2.18. The molecule has 0 aliphatic carbocycles. The van der Waals surface area contributed by atoms with E-state index in [0.717, 1.165) is 29.7 Å². The molecule has 1 N–H and O–H groups in total. The van der Waals surface area contributed by atoms with Gasteiger partial charge in [0.15, 0.2) is 0 Å². The summed E-state index contributed by atoms with van der Waals surface area (Å²) in [5.74, 6) is 0.592. The van der Waals surface area contributed by atoms with Crippen LogP contribution in [0.15, 0.2) is 18.2 Å². The molecule has 2 nitrogen and oxygen atoms in total. The second-order valence-electron chi connectivity index (χ2n) is 5.30. The molecule has 1 aromatic carbocycles. The van der Waals surface area contributed by atoms with Gasteiger partial charge in [0.05, 0.1) is 0 Å². The highest BCUT2D eigenvalue weighted by molar-refractivity contribution is 6.33. The zero-order valence-corrected chi connectivity index (χ0v) is 13.1. The van der Waals surface area contributed by atoms with Gasteiger partial charge in [-0.2, -0.15) is 0 Å². The van der Waals surface area contributed by atoms with Crippen molar-refractivity contribution in [2.75, 3.05) is 26.7 Å². The number of hydrogen-bond acceptors (Lipinski definition) is 2. The van der Waals surface area contributed by atoms with E-state index in [1.807, 2.05) is 18.2 Å². The summed E-state index contributed by atoms with van der Waals surface area (Å²) in [6.45, 7) is 5.31. The third-order valence-corrected chi connectivity index (χ3v) is 4.52. The molecule has 106 valence electrons. The quantitative estimate of drug-likeness (QED) is 0.904. The molecule has 0 radical (unpaired) electrons. The lowest BCUT2D eigenvalue weighted by Crippen LogP contribution is -2.40. The van der Waals surface area contributed by atoms with Gasteiger partial charge in [-0.15, -0.1) is 0 Å². The fraction of sp³-hybridized carbons (Fsp3) is 0.600. The molecule has 19 heavy (non-hydrogen) atoms. The number of nitrogens with zero attached hydrogens (tertiary/aromatic N) is 1. The Morgan fingerprint density at radius 3 is 2.89 bits per heavy atom. The Balaban J connectivity index is 2.27. The Bertz CT molecular complexity index is 423. The van der Waals surface area contributed by atoms with E-state index >= 15 is 0 Å². The van der Waals surface area contributed by atoms with E-state index in [1.54, 1.807) is 0 Å². The molecule has 0 spiro atoms. The van der Waals surface area contributed by atoms with E-state index in [2.05, 4.69) is 24.2 Å². The van der Waals surface area contributed by atoms with Gasteiger partial charge < -0.3 is 5.32 Å². The van der Waals surface area contributed by atoms with Crippen molar-refractivity contribution in [3.8, 4) is 0 Å². The first-order chi connectivity index (χ1) is 9.13. The summed E-state index contributed by atoms with van der Waals surface area (Å²) < 4.78 is 0. The van der Waals surface area contributed by atoms with E-state index in [4.69, 9.17) is 23.2 Å². The highest BCUT2D eigenvalue weighted by atomic mass is 35.5. The average Bonchev–Trinajstić information content (AvgIpc) is 2.39. The SMILES string of the molecule is CCNCC1CCCN(C)C1c1cc(Cl)ccc1Cl. The monoisotopic (exact) mass is 300 g/mol. The molecule has 2 atom stereocenters. The Morgan fingerprint density at radius 2 is 2.16 bits per heavy atom. The molecule has 2 rings (SSSR count). The molecule has 0 bridgehead atoms. The van der Waals surface area contributed by atoms with Gasteiger partial charge in [-0.3, -0.25) is 4.90 Å². The minimum Gasteiger partial charge on any atom is -0.317 e. The molecule has 0 aromatic heterocycles. The van der Waals surface area contributed by atoms with Crippen LogP contribution in [0.1, 0.15) is 31.4 Å². The van der Waals surface area contributed by atoms with Crippen molar-refractivity contribution in [1.29, 1.82) is 0 Å². The number of hydrogen-bond donors (Lipinski definition) is 1. The van der Waals surface area contributed by atoms with Gasteiger partial charge in [-0.25, -0.2) is 0 Å². The molecule has 1 fully saturated rings. The average molecular weight is 301 g/mol. The van der Waals surface area contributed by atoms with E-state index in [1.165, 1.54) is 18.4 Å². The Morgan fingerprint density at radius 1 is 1.37 bits per heavy atom. The van der Waals surface area contributed by atoms with Crippen LogP contribution in [0.5, 0.6) is 0 Å². The van der Waals surface area contributed by atoms with Gasteiger partial charge in [0.25, 0.3) is 0 Å². The molecule has 2 unspecified atom stereocenters. The second kappa shape index (κ2) is 6.94. The van der Waals surface area contributed by atoms with Crippen molar-refractivity contribution in [3.05, 3.63) is 33.8 Å². The number of benzene rings is 1. The first kappa shape index (κ1) is 15.1. The molecule has 1 heterocycles. The second-order valence-corrected chi connectivity index (χ2v) is 6.14. The Hall–Kier alpha value is -0.280. The minimum absolute atomic E-state index is 0.360. The smallest absolute Gasteiger partial charge is 0.0455 e. The maximum atomic E-state index is 6.39. The standard InChI is InChI=1S/C15H22Cl2N2/c1-3-18-10-11-5-4-8-19(2)15(11)13-9-12(16)6-7-14(13)17/h6-7,9,11,15,18H,3-5,8,10H2,1-2H3. The van der Waals surface area contributed by atoms with Crippen LogP contribution in [0.4, 0.5) is 0 Å². The summed E-state index contributed by atoms with van der Waals surface area (Å²) in [6, 6.07) is 6.15. The van der Waals surface area contributed by atoms with Crippen LogP contribution < -0.4 is 5.32 Å². The van der Waals surface area contributed by atoms with Crippen LogP contribution in [0.25, 0.3) is 0 Å². The van der Waals surface area contributed by atoms with Crippen molar-refractivity contribution < 1.29 is 0 Å². The lowest BCUT2D eigenvalue weighted by Gasteiger charge is -2.40. The Labute approximate surface area is 126 Å². The van der Waals surface area contributed by atoms with E-state index in [-0.39, 0.29) is 0 Å². The highest BCUT2D eigenvalue weighted by Gasteiger charge is 2.31. The van der Waals surface area contributed by atoms with Crippen LogP contribution in [0.2, 0.25) is 10.0 Å². The van der Waals surface area contributed by atoms with Gasteiger partial charge in [-0.05, 0) is 69.2 Å². The molecule has 1 aromatic rings. The summed E-state index contributed by atoms with van der Waals surface area (Å²) in [4.78, 5) is 2.41. The van der Waals surface area contributed by atoms with Crippen molar-refractivity contribution >= 4 is 23.2 Å². The van der Waals surface area contributed by atoms with E-state index in [9.17, 15) is 0 Å². The van der Waals surface area contributed by atoms with Crippen molar-refractivity contribution in [1.82, 2.24) is 10.2 Å². The fourth-order valence-corrected chi connectivity index (χ4v) is 3.45. The molecule has 1 aliphatic rings. The molecule has 0 amide bonds. The number of piperidine rings is 1. The minimum atomic E-state index is 0.360. The molecular formula is C15H22Cl2N2. The number of nitrogens with one attached hydrogen (secondary N) is 1. The lowest BCUT2D eigenvalue weighted by molar-refractivity contribution is 0.120. The lowest BCUT2D eigenvalue weighted by atomic mass is 9.85. The third kappa shape index (κ3) is 3.63. The molecule has 1 saturated heterocycles. The summed E-state index contributed by atoms with van der Waals surface area (Å²) in [5, 5.41) is 5.06.